The fraction of sp³-hybridized carbons (Fsp3) is 0.700. The van der Waals surface area contributed by atoms with Gasteiger partial charge in [-0.15, -0.1) is 11.8 Å². The number of thioether (sulfide) groups is 1. The maximum Gasteiger partial charge on any atom is 0.0767 e. The summed E-state index contributed by atoms with van der Waals surface area (Å²) in [5.41, 5.74) is 2.43. The van der Waals surface area contributed by atoms with Gasteiger partial charge in [0.15, 0.2) is 0 Å². The van der Waals surface area contributed by atoms with Crippen molar-refractivity contribution in [1.29, 1.82) is 0 Å². The minimum absolute atomic E-state index is 0.678. The lowest BCUT2D eigenvalue weighted by atomic mass is 10.3. The monoisotopic (exact) mass is 290 g/mol. The Hall–Kier alpha value is -0.0000000000000000555. The Balaban J connectivity index is 2.02. The quantitative estimate of drug-likeness (QED) is 0.852. The van der Waals surface area contributed by atoms with Gasteiger partial charge in [-0.25, -0.2) is 0 Å². The first-order valence-corrected chi connectivity index (χ1v) is 6.96. The molecule has 0 bridgehead atoms. The Kier molecular flexibility index (Phi) is 3.74. The number of ether oxygens (including phenoxy) is 1. The number of hydrogen-bond acceptors (Lipinski definition) is 3. The topological polar surface area (TPSA) is 27.1 Å². The van der Waals surface area contributed by atoms with Crippen LogP contribution in [0, 0.1) is 0 Å². The molecule has 1 saturated heterocycles. The van der Waals surface area contributed by atoms with Gasteiger partial charge in [0, 0.05) is 12.8 Å². The molecule has 0 amide bonds. The molecule has 0 unspecified atom stereocenters. The molecule has 2 rings (SSSR count). The molecule has 0 aliphatic carbocycles. The average molecular weight is 291 g/mol. The van der Waals surface area contributed by atoms with Gasteiger partial charge in [-0.3, -0.25) is 4.68 Å². The Labute approximate surface area is 103 Å². The van der Waals surface area contributed by atoms with Crippen molar-refractivity contribution in [3.63, 3.8) is 0 Å². The molecule has 1 fully saturated rings. The van der Waals surface area contributed by atoms with E-state index in [0.717, 1.165) is 31.1 Å². The van der Waals surface area contributed by atoms with Gasteiger partial charge in [-0.2, -0.15) is 5.10 Å². The summed E-state index contributed by atoms with van der Waals surface area (Å²) in [4.78, 5) is 0. The van der Waals surface area contributed by atoms with E-state index in [9.17, 15) is 0 Å². The highest BCUT2D eigenvalue weighted by atomic mass is 79.9. The van der Waals surface area contributed by atoms with Crippen molar-refractivity contribution in [3.05, 3.63) is 15.9 Å². The molecule has 0 spiro atoms. The van der Waals surface area contributed by atoms with E-state index in [2.05, 4.69) is 28.0 Å². The molecule has 84 valence electrons. The lowest BCUT2D eigenvalue weighted by molar-refractivity contribution is 0.0455. The van der Waals surface area contributed by atoms with E-state index < -0.39 is 0 Å². The predicted molar refractivity (Wildman–Crippen MR) is 66.2 cm³/mol. The van der Waals surface area contributed by atoms with E-state index in [4.69, 9.17) is 4.74 Å². The first-order chi connectivity index (χ1) is 7.22. The summed E-state index contributed by atoms with van der Waals surface area (Å²) >= 11 is 5.58. The van der Waals surface area contributed by atoms with E-state index in [0.29, 0.717) is 5.25 Å². The van der Waals surface area contributed by atoms with Crippen molar-refractivity contribution in [2.75, 3.05) is 13.2 Å². The fourth-order valence-electron chi connectivity index (χ4n) is 1.48. The SMILES string of the molecule is CCc1nn(C)c(CSC2COC2)c1Br. The fourth-order valence-corrected chi connectivity index (χ4v) is 3.54. The first-order valence-electron chi connectivity index (χ1n) is 5.12. The molecule has 0 N–H and O–H groups in total. The predicted octanol–water partition coefficient (Wildman–Crippen LogP) is 2.38. The molecule has 1 aliphatic rings. The van der Waals surface area contributed by atoms with Crippen molar-refractivity contribution in [3.8, 4) is 0 Å². The smallest absolute Gasteiger partial charge is 0.0767 e. The summed E-state index contributed by atoms with van der Waals surface area (Å²) in [7, 11) is 2.01. The van der Waals surface area contributed by atoms with Gasteiger partial charge >= 0.3 is 0 Å². The van der Waals surface area contributed by atoms with Gasteiger partial charge in [0.2, 0.25) is 0 Å². The summed E-state index contributed by atoms with van der Waals surface area (Å²) < 4.78 is 8.32. The standard InChI is InChI=1S/C10H15BrN2OS/c1-3-8-10(11)9(13(2)12-8)6-15-7-4-14-5-7/h7H,3-6H2,1-2H3. The normalized spacial score (nSPS) is 16.7. The lowest BCUT2D eigenvalue weighted by Crippen LogP contribution is -2.30. The van der Waals surface area contributed by atoms with Crippen molar-refractivity contribution < 1.29 is 4.74 Å². The summed E-state index contributed by atoms with van der Waals surface area (Å²) in [5.74, 6) is 1.01. The molecule has 1 aromatic rings. The van der Waals surface area contributed by atoms with Crippen LogP contribution in [-0.4, -0.2) is 28.2 Å². The van der Waals surface area contributed by atoms with Crippen LogP contribution < -0.4 is 0 Å². The zero-order valence-electron chi connectivity index (χ0n) is 8.99. The van der Waals surface area contributed by atoms with Crippen LogP contribution in [0.3, 0.4) is 0 Å². The van der Waals surface area contributed by atoms with Crippen molar-refractivity contribution >= 4 is 27.7 Å². The van der Waals surface area contributed by atoms with Gasteiger partial charge in [0.25, 0.3) is 0 Å². The van der Waals surface area contributed by atoms with Gasteiger partial charge in [-0.05, 0) is 22.4 Å². The molecule has 15 heavy (non-hydrogen) atoms. The van der Waals surface area contributed by atoms with Crippen LogP contribution in [0.2, 0.25) is 0 Å². The Bertz CT molecular complexity index is 349. The van der Waals surface area contributed by atoms with Crippen LogP contribution in [-0.2, 0) is 24.0 Å². The summed E-state index contributed by atoms with van der Waals surface area (Å²) in [6.07, 6.45) is 0.978. The highest BCUT2D eigenvalue weighted by Crippen LogP contribution is 2.29. The highest BCUT2D eigenvalue weighted by Gasteiger charge is 2.20. The Morgan fingerprint density at radius 2 is 2.33 bits per heavy atom. The number of aryl methyl sites for hydroxylation is 2. The van der Waals surface area contributed by atoms with E-state index in [-0.39, 0.29) is 0 Å². The van der Waals surface area contributed by atoms with E-state index in [1.807, 2.05) is 23.5 Å². The molecule has 1 aliphatic heterocycles. The van der Waals surface area contributed by atoms with Crippen LogP contribution in [0.5, 0.6) is 0 Å². The van der Waals surface area contributed by atoms with Crippen LogP contribution in [0.4, 0.5) is 0 Å². The van der Waals surface area contributed by atoms with E-state index >= 15 is 0 Å². The average Bonchev–Trinajstić information content (AvgIpc) is 2.42. The maximum absolute atomic E-state index is 5.16. The van der Waals surface area contributed by atoms with Crippen molar-refractivity contribution in [2.45, 2.75) is 24.3 Å². The molecule has 1 aromatic heterocycles. The van der Waals surface area contributed by atoms with Crippen LogP contribution >= 0.6 is 27.7 Å². The third kappa shape index (κ3) is 2.40. The Morgan fingerprint density at radius 3 is 2.80 bits per heavy atom. The first kappa shape index (κ1) is 11.5. The van der Waals surface area contributed by atoms with Gasteiger partial charge in [0.05, 0.1) is 34.3 Å². The molecular weight excluding hydrogens is 276 g/mol. The summed E-state index contributed by atoms with van der Waals surface area (Å²) in [6.45, 7) is 3.94. The molecule has 3 nitrogen and oxygen atoms in total. The molecule has 2 heterocycles. The van der Waals surface area contributed by atoms with Crippen molar-refractivity contribution in [1.82, 2.24) is 9.78 Å². The minimum Gasteiger partial charge on any atom is -0.379 e. The Morgan fingerprint density at radius 1 is 1.60 bits per heavy atom. The second-order valence-electron chi connectivity index (χ2n) is 3.66. The highest BCUT2D eigenvalue weighted by molar-refractivity contribution is 9.10. The van der Waals surface area contributed by atoms with E-state index in [1.54, 1.807) is 0 Å². The van der Waals surface area contributed by atoms with Crippen LogP contribution in [0.25, 0.3) is 0 Å². The number of hydrogen-bond donors (Lipinski definition) is 0. The maximum atomic E-state index is 5.16. The third-order valence-corrected chi connectivity index (χ3v) is 4.67. The minimum atomic E-state index is 0.678. The molecule has 0 aromatic carbocycles. The van der Waals surface area contributed by atoms with Gasteiger partial charge in [0.1, 0.15) is 0 Å². The molecule has 0 atom stereocenters. The van der Waals surface area contributed by atoms with Gasteiger partial charge < -0.3 is 4.74 Å². The molecule has 0 radical (unpaired) electrons. The van der Waals surface area contributed by atoms with Crippen LogP contribution in [0.15, 0.2) is 4.47 Å². The summed E-state index contributed by atoms with van der Waals surface area (Å²) in [5, 5.41) is 5.15. The van der Waals surface area contributed by atoms with Gasteiger partial charge in [-0.1, -0.05) is 6.92 Å². The second-order valence-corrected chi connectivity index (χ2v) is 5.74. The molecular formula is C10H15BrN2OS. The zero-order chi connectivity index (χ0) is 10.8. The number of rotatable bonds is 4. The zero-order valence-corrected chi connectivity index (χ0v) is 11.4. The van der Waals surface area contributed by atoms with Crippen LogP contribution in [0.1, 0.15) is 18.3 Å². The van der Waals surface area contributed by atoms with Crippen molar-refractivity contribution in [2.24, 2.45) is 7.05 Å². The summed E-state index contributed by atoms with van der Waals surface area (Å²) in [6, 6.07) is 0. The molecule has 0 saturated carbocycles. The van der Waals surface area contributed by atoms with E-state index in [1.165, 1.54) is 10.2 Å². The number of nitrogens with zero attached hydrogens (tertiary/aromatic N) is 2. The number of halogens is 1. The second kappa shape index (κ2) is 4.89. The third-order valence-electron chi connectivity index (χ3n) is 2.57. The lowest BCUT2D eigenvalue weighted by Gasteiger charge is -2.25. The number of aromatic nitrogens is 2. The molecule has 5 heteroatoms. The largest absolute Gasteiger partial charge is 0.379 e.